The van der Waals surface area contributed by atoms with Gasteiger partial charge in [0.25, 0.3) is 10.0 Å². The summed E-state index contributed by atoms with van der Waals surface area (Å²) in [4.78, 5) is 11.0. The Balaban J connectivity index is 1.79. The van der Waals surface area contributed by atoms with Crippen LogP contribution in [0, 0.1) is 0 Å². The van der Waals surface area contributed by atoms with E-state index in [4.69, 9.17) is 9.47 Å². The lowest BCUT2D eigenvalue weighted by Crippen LogP contribution is -2.37. The van der Waals surface area contributed by atoms with E-state index in [1.165, 1.54) is 6.92 Å². The van der Waals surface area contributed by atoms with Crippen LogP contribution >= 0.6 is 11.3 Å². The normalized spacial score (nSPS) is 19.0. The smallest absolute Gasteiger partial charge is 0.302 e. The van der Waals surface area contributed by atoms with E-state index in [0.29, 0.717) is 11.4 Å². The highest BCUT2D eigenvalue weighted by atomic mass is 32.2. The SMILES string of the molecule is CC(=O)OCC1(C)C=Cc2cc(NS(=O)(=O)c3cccs3)ccc2O1. The molecule has 0 radical (unpaired) electrons. The first kappa shape index (κ1) is 17.5. The molecule has 0 amide bonds. The van der Waals surface area contributed by atoms with E-state index in [0.717, 1.165) is 16.9 Å². The second-order valence-corrected chi connectivity index (χ2v) is 8.68. The zero-order valence-electron chi connectivity index (χ0n) is 13.7. The second-order valence-electron chi connectivity index (χ2n) is 5.82. The minimum Gasteiger partial charge on any atom is -0.479 e. The lowest BCUT2D eigenvalue weighted by atomic mass is 10.0. The molecule has 8 heteroatoms. The molecular formula is C17H17NO5S2. The Morgan fingerprint density at radius 1 is 1.36 bits per heavy atom. The summed E-state index contributed by atoms with van der Waals surface area (Å²) < 4.78 is 38.3. The van der Waals surface area contributed by atoms with E-state index < -0.39 is 15.6 Å². The van der Waals surface area contributed by atoms with E-state index >= 15 is 0 Å². The summed E-state index contributed by atoms with van der Waals surface area (Å²) in [6.07, 6.45) is 3.61. The van der Waals surface area contributed by atoms with Crippen LogP contribution in [-0.4, -0.2) is 26.6 Å². The van der Waals surface area contributed by atoms with Crippen LogP contribution in [0.15, 0.2) is 46.0 Å². The molecule has 6 nitrogen and oxygen atoms in total. The summed E-state index contributed by atoms with van der Waals surface area (Å²) in [5, 5.41) is 1.71. The van der Waals surface area contributed by atoms with E-state index in [-0.39, 0.29) is 16.8 Å². The highest BCUT2D eigenvalue weighted by Gasteiger charge is 2.29. The van der Waals surface area contributed by atoms with Crippen molar-refractivity contribution < 1.29 is 22.7 Å². The van der Waals surface area contributed by atoms with Gasteiger partial charge in [0, 0.05) is 18.2 Å². The number of benzene rings is 1. The molecule has 0 saturated heterocycles. The first-order chi connectivity index (χ1) is 11.8. The van der Waals surface area contributed by atoms with Gasteiger partial charge in [-0.1, -0.05) is 12.1 Å². The average Bonchev–Trinajstić information content (AvgIpc) is 3.09. The summed E-state index contributed by atoms with van der Waals surface area (Å²) in [7, 11) is -3.59. The average molecular weight is 379 g/mol. The van der Waals surface area contributed by atoms with Gasteiger partial charge in [-0.05, 0) is 42.6 Å². The number of carbonyl (C=O) groups is 1. The number of rotatable bonds is 5. The van der Waals surface area contributed by atoms with Gasteiger partial charge in [-0.25, -0.2) is 8.42 Å². The molecule has 0 saturated carbocycles. The Kier molecular flexibility index (Phi) is 4.57. The van der Waals surface area contributed by atoms with Gasteiger partial charge in [0.05, 0.1) is 0 Å². The molecule has 2 aromatic rings. The summed E-state index contributed by atoms with van der Waals surface area (Å²) in [6, 6.07) is 8.26. The molecule has 1 unspecified atom stereocenters. The zero-order chi connectivity index (χ0) is 18.1. The van der Waals surface area contributed by atoms with Crippen LogP contribution in [-0.2, 0) is 19.6 Å². The molecule has 0 aliphatic carbocycles. The maximum atomic E-state index is 12.3. The summed E-state index contributed by atoms with van der Waals surface area (Å²) in [6.45, 7) is 3.25. The number of hydrogen-bond acceptors (Lipinski definition) is 6. The number of thiophene rings is 1. The van der Waals surface area contributed by atoms with Crippen molar-refractivity contribution in [3.05, 3.63) is 47.4 Å². The van der Waals surface area contributed by atoms with Crippen LogP contribution in [0.3, 0.4) is 0 Å². The minimum absolute atomic E-state index is 0.102. The molecule has 1 aromatic heterocycles. The van der Waals surface area contributed by atoms with Crippen LogP contribution in [0.5, 0.6) is 5.75 Å². The molecule has 132 valence electrons. The van der Waals surface area contributed by atoms with Crippen molar-refractivity contribution in [2.45, 2.75) is 23.7 Å². The van der Waals surface area contributed by atoms with E-state index in [2.05, 4.69) is 4.72 Å². The molecule has 0 bridgehead atoms. The van der Waals surface area contributed by atoms with E-state index in [1.807, 2.05) is 13.0 Å². The number of carbonyl (C=O) groups excluding carboxylic acids is 1. The highest BCUT2D eigenvalue weighted by Crippen LogP contribution is 2.33. The molecule has 25 heavy (non-hydrogen) atoms. The Hall–Kier alpha value is -2.32. The maximum absolute atomic E-state index is 12.3. The van der Waals surface area contributed by atoms with Crippen molar-refractivity contribution in [2.75, 3.05) is 11.3 Å². The number of nitrogens with one attached hydrogen (secondary N) is 1. The van der Waals surface area contributed by atoms with Crippen molar-refractivity contribution >= 4 is 39.1 Å². The van der Waals surface area contributed by atoms with Crippen LogP contribution in [0.25, 0.3) is 6.08 Å². The van der Waals surface area contributed by atoms with Gasteiger partial charge < -0.3 is 9.47 Å². The van der Waals surface area contributed by atoms with Crippen LogP contribution in [0.4, 0.5) is 5.69 Å². The van der Waals surface area contributed by atoms with E-state index in [1.54, 1.807) is 41.8 Å². The minimum atomic E-state index is -3.59. The van der Waals surface area contributed by atoms with Crippen LogP contribution < -0.4 is 9.46 Å². The quantitative estimate of drug-likeness (QED) is 0.806. The number of esters is 1. The standard InChI is InChI=1S/C17H17NO5S2/c1-12(19)22-11-17(2)8-7-13-10-14(5-6-15(13)23-17)18-25(20,21)16-4-3-9-24-16/h3-10,18H,11H2,1-2H3. The number of anilines is 1. The van der Waals surface area contributed by atoms with Crippen molar-refractivity contribution in [3.63, 3.8) is 0 Å². The predicted molar refractivity (Wildman–Crippen MR) is 96.3 cm³/mol. The van der Waals surface area contributed by atoms with Crippen molar-refractivity contribution in [3.8, 4) is 5.75 Å². The monoisotopic (exact) mass is 379 g/mol. The van der Waals surface area contributed by atoms with Gasteiger partial charge in [0.15, 0.2) is 5.60 Å². The Bertz CT molecular complexity index is 919. The lowest BCUT2D eigenvalue weighted by molar-refractivity contribution is -0.145. The number of fused-ring (bicyclic) bond motifs is 1. The lowest BCUT2D eigenvalue weighted by Gasteiger charge is -2.31. The zero-order valence-corrected chi connectivity index (χ0v) is 15.3. The second kappa shape index (κ2) is 6.53. The van der Waals surface area contributed by atoms with Crippen LogP contribution in [0.2, 0.25) is 0 Å². The molecule has 1 N–H and O–H groups in total. The van der Waals surface area contributed by atoms with Gasteiger partial charge in [-0.2, -0.15) is 0 Å². The summed E-state index contributed by atoms with van der Waals surface area (Å²) in [5.41, 5.74) is 0.437. The van der Waals surface area contributed by atoms with Gasteiger partial charge in [0.2, 0.25) is 0 Å². The van der Waals surface area contributed by atoms with Gasteiger partial charge >= 0.3 is 5.97 Å². The number of ether oxygens (including phenoxy) is 2. The molecule has 0 spiro atoms. The van der Waals surface area contributed by atoms with Gasteiger partial charge in [-0.15, -0.1) is 11.3 Å². The summed E-state index contributed by atoms with van der Waals surface area (Å²) in [5.74, 6) is 0.221. The molecule has 0 fully saturated rings. The third-order valence-corrected chi connectivity index (χ3v) is 6.32. The number of sulfonamides is 1. The fraction of sp³-hybridized carbons (Fsp3) is 0.235. The summed E-state index contributed by atoms with van der Waals surface area (Å²) >= 11 is 1.15. The predicted octanol–water partition coefficient (Wildman–Crippen LogP) is 3.28. The first-order valence-corrected chi connectivity index (χ1v) is 9.86. The Morgan fingerprint density at radius 2 is 2.16 bits per heavy atom. The fourth-order valence-electron chi connectivity index (χ4n) is 2.33. The fourth-order valence-corrected chi connectivity index (χ4v) is 4.37. The molecule has 1 aliphatic heterocycles. The third kappa shape index (κ3) is 4.02. The van der Waals surface area contributed by atoms with Crippen molar-refractivity contribution in [1.29, 1.82) is 0 Å². The molecule has 1 aliphatic rings. The molecule has 1 atom stereocenters. The maximum Gasteiger partial charge on any atom is 0.302 e. The van der Waals surface area contributed by atoms with Crippen molar-refractivity contribution in [2.24, 2.45) is 0 Å². The van der Waals surface area contributed by atoms with E-state index in [9.17, 15) is 13.2 Å². The molecule has 1 aromatic carbocycles. The largest absolute Gasteiger partial charge is 0.479 e. The molecular weight excluding hydrogens is 362 g/mol. The molecule has 3 rings (SSSR count). The van der Waals surface area contributed by atoms with Crippen molar-refractivity contribution in [1.82, 2.24) is 0 Å². The third-order valence-electron chi connectivity index (χ3n) is 3.54. The Morgan fingerprint density at radius 3 is 2.84 bits per heavy atom. The first-order valence-electron chi connectivity index (χ1n) is 7.49. The van der Waals surface area contributed by atoms with Crippen LogP contribution in [0.1, 0.15) is 19.4 Å². The topological polar surface area (TPSA) is 81.7 Å². The highest BCUT2D eigenvalue weighted by molar-refractivity contribution is 7.94. The van der Waals surface area contributed by atoms with Gasteiger partial charge in [-0.3, -0.25) is 9.52 Å². The number of hydrogen-bond donors (Lipinski definition) is 1. The molecule has 2 heterocycles. The Labute approximate surface area is 150 Å². The van der Waals surface area contributed by atoms with Gasteiger partial charge in [0.1, 0.15) is 16.6 Å².